The third-order valence-electron chi connectivity index (χ3n) is 5.91. The lowest BCUT2D eigenvalue weighted by Gasteiger charge is -2.15. The van der Waals surface area contributed by atoms with Crippen LogP contribution in [-0.2, 0) is 0 Å². The van der Waals surface area contributed by atoms with Crippen LogP contribution in [0, 0.1) is 24.7 Å². The number of ether oxygens (including phenoxy) is 1. The maximum absolute atomic E-state index is 13.6. The van der Waals surface area contributed by atoms with E-state index in [0.717, 1.165) is 36.4 Å². The van der Waals surface area contributed by atoms with E-state index in [4.69, 9.17) is 10.5 Å². The van der Waals surface area contributed by atoms with Gasteiger partial charge < -0.3 is 10.5 Å². The molecule has 0 radical (unpaired) electrons. The summed E-state index contributed by atoms with van der Waals surface area (Å²) in [6.45, 7) is 1.69. The molecule has 1 fully saturated rings. The fraction of sp³-hybridized carbons (Fsp3) is 0.231. The summed E-state index contributed by atoms with van der Waals surface area (Å²) in [7, 11) is 1.35. The number of halogens is 2. The van der Waals surface area contributed by atoms with Crippen LogP contribution < -0.4 is 21.3 Å². The number of methoxy groups -OCH3 is 1. The first-order chi connectivity index (χ1) is 18.7. The Kier molecular flexibility index (Phi) is 7.03. The van der Waals surface area contributed by atoms with Crippen LogP contribution in [0.1, 0.15) is 45.9 Å². The molecule has 0 aliphatic heterocycles. The normalized spacial score (nSPS) is 12.6. The lowest BCUT2D eigenvalue weighted by atomic mass is 10.00. The molecule has 1 amide bonds. The summed E-state index contributed by atoms with van der Waals surface area (Å²) in [4.78, 5) is 34.1. The van der Waals surface area contributed by atoms with Crippen molar-refractivity contribution < 1.29 is 18.3 Å². The summed E-state index contributed by atoms with van der Waals surface area (Å²) < 4.78 is 33.7. The second-order valence-corrected chi connectivity index (χ2v) is 9.71. The van der Waals surface area contributed by atoms with Gasteiger partial charge in [-0.3, -0.25) is 24.5 Å². The molecule has 1 aliphatic rings. The Labute approximate surface area is 224 Å². The van der Waals surface area contributed by atoms with Gasteiger partial charge in [-0.25, -0.2) is 13.8 Å². The van der Waals surface area contributed by atoms with Crippen molar-refractivity contribution >= 4 is 28.1 Å². The molecule has 4 aromatic rings. The second kappa shape index (κ2) is 10.6. The molecule has 198 valence electrons. The van der Waals surface area contributed by atoms with Gasteiger partial charge in [-0.1, -0.05) is 17.3 Å². The number of aromatic nitrogens is 5. The minimum Gasteiger partial charge on any atom is -0.494 e. The van der Waals surface area contributed by atoms with Crippen LogP contribution in [0.25, 0.3) is 16.9 Å². The van der Waals surface area contributed by atoms with Crippen LogP contribution in [0.2, 0.25) is 0 Å². The highest BCUT2D eigenvalue weighted by molar-refractivity contribution is 7.15. The highest BCUT2D eigenvalue weighted by Gasteiger charge is 2.23. The molecule has 0 aromatic carbocycles. The van der Waals surface area contributed by atoms with Gasteiger partial charge in [0.2, 0.25) is 5.13 Å². The van der Waals surface area contributed by atoms with Crippen molar-refractivity contribution in [3.05, 3.63) is 69.0 Å². The first-order valence-corrected chi connectivity index (χ1v) is 12.5. The maximum atomic E-state index is 13.6. The minimum atomic E-state index is -2.87. The first-order valence-electron chi connectivity index (χ1n) is 11.7. The van der Waals surface area contributed by atoms with Crippen molar-refractivity contribution in [3.8, 4) is 34.5 Å². The number of anilines is 2. The third kappa shape index (κ3) is 5.60. The van der Waals surface area contributed by atoms with Crippen molar-refractivity contribution in [2.45, 2.75) is 26.2 Å². The molecule has 1 saturated carbocycles. The highest BCUT2D eigenvalue weighted by atomic mass is 32.1. The lowest BCUT2D eigenvalue weighted by molar-refractivity contribution is 0.102. The van der Waals surface area contributed by atoms with Gasteiger partial charge in [0.05, 0.1) is 24.6 Å². The summed E-state index contributed by atoms with van der Waals surface area (Å²) in [5, 5.41) is 11.3. The number of carbonyl (C=O) groups is 1. The molecule has 1 aliphatic carbocycles. The molecule has 5 rings (SSSR count). The van der Waals surface area contributed by atoms with Crippen LogP contribution >= 0.6 is 11.3 Å². The summed E-state index contributed by atoms with van der Waals surface area (Å²) in [5.41, 5.74) is 6.33. The second-order valence-electron chi connectivity index (χ2n) is 8.73. The number of nitrogens with one attached hydrogen (secondary N) is 1. The van der Waals surface area contributed by atoms with E-state index >= 15 is 0 Å². The van der Waals surface area contributed by atoms with E-state index in [1.54, 1.807) is 6.92 Å². The molecule has 0 saturated heterocycles. The van der Waals surface area contributed by atoms with Crippen LogP contribution in [-0.4, -0.2) is 37.7 Å². The monoisotopic (exact) mass is 549 g/mol. The Morgan fingerprint density at radius 1 is 1.21 bits per heavy atom. The number of nitrogen functional groups attached to an aromatic ring is 1. The number of aryl methyl sites for hydroxylation is 1. The Bertz CT molecular complexity index is 1700. The van der Waals surface area contributed by atoms with Gasteiger partial charge in [-0.15, -0.1) is 10.2 Å². The number of alkyl halides is 2. The zero-order chi connectivity index (χ0) is 27.7. The van der Waals surface area contributed by atoms with E-state index in [1.807, 2.05) is 0 Å². The van der Waals surface area contributed by atoms with E-state index < -0.39 is 23.6 Å². The van der Waals surface area contributed by atoms with E-state index in [9.17, 15) is 18.4 Å². The van der Waals surface area contributed by atoms with Crippen LogP contribution in [0.3, 0.4) is 0 Å². The Balaban J connectivity index is 1.60. The average molecular weight is 550 g/mol. The minimum absolute atomic E-state index is 0.0115. The van der Waals surface area contributed by atoms with Crippen molar-refractivity contribution in [2.75, 3.05) is 18.2 Å². The van der Waals surface area contributed by atoms with Gasteiger partial charge in [0.15, 0.2) is 5.01 Å². The molecule has 13 heteroatoms. The SMILES string of the molecule is COc1cnc(C(F)F)cc1-c1cc(-n2cc(N)c(C)cc2=O)ncc1C(=O)Nc1nnc(C#CC2CC2)s1. The number of carbonyl (C=O) groups excluding carboxylic acids is 1. The number of rotatable bonds is 6. The smallest absolute Gasteiger partial charge is 0.280 e. The predicted molar refractivity (Wildman–Crippen MR) is 141 cm³/mol. The quantitative estimate of drug-likeness (QED) is 0.344. The number of hydrogen-bond donors (Lipinski definition) is 2. The van der Waals surface area contributed by atoms with Gasteiger partial charge in [0.25, 0.3) is 17.9 Å². The van der Waals surface area contributed by atoms with Crippen LogP contribution in [0.5, 0.6) is 5.75 Å². The molecule has 0 bridgehead atoms. The third-order valence-corrected chi connectivity index (χ3v) is 6.66. The van der Waals surface area contributed by atoms with Crippen molar-refractivity contribution in [1.82, 2.24) is 24.7 Å². The molecule has 0 unspecified atom stereocenters. The van der Waals surface area contributed by atoms with Gasteiger partial charge in [0.1, 0.15) is 17.3 Å². The Morgan fingerprint density at radius 3 is 2.72 bits per heavy atom. The van der Waals surface area contributed by atoms with Crippen molar-refractivity contribution in [1.29, 1.82) is 0 Å². The summed E-state index contributed by atoms with van der Waals surface area (Å²) in [6.07, 6.45) is 3.04. The summed E-state index contributed by atoms with van der Waals surface area (Å²) in [5.74, 6) is 6.02. The zero-order valence-corrected chi connectivity index (χ0v) is 21.6. The van der Waals surface area contributed by atoms with E-state index in [-0.39, 0.29) is 33.4 Å². The number of nitrogens with two attached hydrogens (primary N) is 1. The van der Waals surface area contributed by atoms with Gasteiger partial charge >= 0.3 is 0 Å². The largest absolute Gasteiger partial charge is 0.494 e. The number of nitrogens with zero attached hydrogens (tertiary/aromatic N) is 5. The summed E-state index contributed by atoms with van der Waals surface area (Å²) >= 11 is 1.10. The van der Waals surface area contributed by atoms with Gasteiger partial charge in [-0.05, 0) is 43.4 Å². The molecule has 3 N–H and O–H groups in total. The molecule has 0 atom stereocenters. The first kappa shape index (κ1) is 25.9. The maximum Gasteiger partial charge on any atom is 0.280 e. The fourth-order valence-corrected chi connectivity index (χ4v) is 4.23. The Hall–Kier alpha value is -4.70. The molecule has 4 heterocycles. The zero-order valence-electron chi connectivity index (χ0n) is 20.7. The number of hydrogen-bond acceptors (Lipinski definition) is 9. The highest BCUT2D eigenvalue weighted by Crippen LogP contribution is 2.35. The molecular formula is C26H21F2N7O3S. The molecule has 39 heavy (non-hydrogen) atoms. The van der Waals surface area contributed by atoms with Crippen LogP contribution in [0.15, 0.2) is 41.6 Å². The Morgan fingerprint density at radius 2 is 2.00 bits per heavy atom. The van der Waals surface area contributed by atoms with Gasteiger partial charge in [-0.2, -0.15) is 0 Å². The van der Waals surface area contributed by atoms with Crippen molar-refractivity contribution in [3.63, 3.8) is 0 Å². The molecule has 10 nitrogen and oxygen atoms in total. The predicted octanol–water partition coefficient (Wildman–Crippen LogP) is 4.00. The fourth-order valence-electron chi connectivity index (χ4n) is 3.63. The summed E-state index contributed by atoms with van der Waals surface area (Å²) in [6, 6.07) is 3.89. The molecular weight excluding hydrogens is 528 g/mol. The van der Waals surface area contributed by atoms with Gasteiger partial charge in [0, 0.05) is 35.5 Å². The standard InChI is InChI=1S/C26H21F2N7O3S/c1-13-7-23(36)35(12-18(13)29)21-9-15(16-8-19(24(27)28)30-11-20(16)38-2)17(10-31-21)25(37)32-26-34-33-22(39-26)6-5-14-3-4-14/h7-12,14,24H,3-4,29H2,1-2H3,(H,32,34,37). The van der Waals surface area contributed by atoms with E-state index in [1.165, 1.54) is 36.2 Å². The topological polar surface area (TPSA) is 138 Å². The lowest BCUT2D eigenvalue weighted by Crippen LogP contribution is -2.20. The number of pyridine rings is 3. The van der Waals surface area contributed by atoms with E-state index in [0.29, 0.717) is 22.2 Å². The molecule has 4 aromatic heterocycles. The molecule has 0 spiro atoms. The van der Waals surface area contributed by atoms with E-state index in [2.05, 4.69) is 37.3 Å². The number of amides is 1. The van der Waals surface area contributed by atoms with Crippen molar-refractivity contribution in [2.24, 2.45) is 5.92 Å². The van der Waals surface area contributed by atoms with Crippen LogP contribution in [0.4, 0.5) is 19.6 Å². The average Bonchev–Trinajstić information content (AvgIpc) is 3.66.